The molecule has 1 amide bonds. The van der Waals surface area contributed by atoms with E-state index in [9.17, 15) is 13.2 Å². The van der Waals surface area contributed by atoms with Crippen LogP contribution < -0.4 is 9.62 Å². The lowest BCUT2D eigenvalue weighted by atomic mass is 10.1. The number of carbonyl (C=O) groups excluding carboxylic acids is 1. The number of anilines is 1. The second-order valence-corrected chi connectivity index (χ2v) is 8.78. The van der Waals surface area contributed by atoms with Crippen LogP contribution in [0.2, 0.25) is 0 Å². The molecule has 6 nitrogen and oxygen atoms in total. The number of amides is 1. The zero-order chi connectivity index (χ0) is 20.1. The van der Waals surface area contributed by atoms with Crippen molar-refractivity contribution in [1.82, 2.24) is 9.62 Å². The first kappa shape index (κ1) is 20.4. The van der Waals surface area contributed by atoms with Gasteiger partial charge in [-0.2, -0.15) is 0 Å². The molecule has 7 heteroatoms. The molecule has 28 heavy (non-hydrogen) atoms. The Hall–Kier alpha value is -2.38. The highest BCUT2D eigenvalue weighted by Gasteiger charge is 2.23. The van der Waals surface area contributed by atoms with Crippen molar-refractivity contribution in [1.29, 1.82) is 0 Å². The second-order valence-electron chi connectivity index (χ2n) is 7.07. The topological polar surface area (TPSA) is 69.7 Å². The van der Waals surface area contributed by atoms with E-state index in [1.165, 1.54) is 12.1 Å². The Morgan fingerprint density at radius 1 is 1.00 bits per heavy atom. The molecule has 0 saturated carbocycles. The summed E-state index contributed by atoms with van der Waals surface area (Å²) < 4.78 is 27.3. The van der Waals surface area contributed by atoms with Crippen LogP contribution in [0.25, 0.3) is 0 Å². The normalized spacial score (nSPS) is 16.1. The standard InChI is InChI=1S/C21H27N3O3S/c1-3-17(2)22-28(26,27)20-11-9-18(10-12-20)21(25)24-15-13-23(14-16-24)19-7-5-4-6-8-19/h4-12,17,22H,3,13-16H2,1-2H3. The van der Waals surface area contributed by atoms with Gasteiger partial charge < -0.3 is 9.80 Å². The molecule has 1 aliphatic heterocycles. The molecule has 2 aromatic carbocycles. The van der Waals surface area contributed by atoms with E-state index in [0.717, 1.165) is 18.8 Å². The Morgan fingerprint density at radius 3 is 2.18 bits per heavy atom. The molecule has 1 heterocycles. The van der Waals surface area contributed by atoms with Gasteiger partial charge >= 0.3 is 0 Å². The summed E-state index contributed by atoms with van der Waals surface area (Å²) in [6, 6.07) is 16.2. The Morgan fingerprint density at radius 2 is 1.61 bits per heavy atom. The number of carbonyl (C=O) groups is 1. The highest BCUT2D eigenvalue weighted by Crippen LogP contribution is 2.18. The Bertz CT molecular complexity index is 890. The van der Waals surface area contributed by atoms with Crippen molar-refractivity contribution in [3.8, 4) is 0 Å². The first-order valence-electron chi connectivity index (χ1n) is 9.62. The van der Waals surface area contributed by atoms with Crippen LogP contribution in [0.1, 0.15) is 30.6 Å². The number of nitrogens with one attached hydrogen (secondary N) is 1. The Balaban J connectivity index is 1.62. The van der Waals surface area contributed by atoms with Crippen molar-refractivity contribution in [3.05, 3.63) is 60.2 Å². The van der Waals surface area contributed by atoms with Crippen LogP contribution in [0.15, 0.2) is 59.5 Å². The van der Waals surface area contributed by atoms with Gasteiger partial charge in [-0.25, -0.2) is 13.1 Å². The SMILES string of the molecule is CCC(C)NS(=O)(=O)c1ccc(C(=O)N2CCN(c3ccccc3)CC2)cc1. The van der Waals surface area contributed by atoms with Crippen LogP contribution in [-0.2, 0) is 10.0 Å². The highest BCUT2D eigenvalue weighted by molar-refractivity contribution is 7.89. The summed E-state index contributed by atoms with van der Waals surface area (Å²) in [6.07, 6.45) is 0.713. The maximum atomic E-state index is 12.8. The molecule has 2 aromatic rings. The quantitative estimate of drug-likeness (QED) is 0.808. The molecule has 0 aliphatic carbocycles. The van der Waals surface area contributed by atoms with Crippen LogP contribution in [0.3, 0.4) is 0 Å². The minimum absolute atomic E-state index is 0.0634. The smallest absolute Gasteiger partial charge is 0.253 e. The lowest BCUT2D eigenvalue weighted by molar-refractivity contribution is 0.0746. The molecule has 1 aliphatic rings. The third-order valence-electron chi connectivity index (χ3n) is 5.07. The van der Waals surface area contributed by atoms with Crippen molar-refractivity contribution in [2.75, 3.05) is 31.1 Å². The minimum atomic E-state index is -3.56. The van der Waals surface area contributed by atoms with Gasteiger partial charge in [0.25, 0.3) is 5.91 Å². The number of nitrogens with zero attached hydrogens (tertiary/aromatic N) is 2. The number of benzene rings is 2. The van der Waals surface area contributed by atoms with E-state index in [4.69, 9.17) is 0 Å². The van der Waals surface area contributed by atoms with Crippen LogP contribution in [0.4, 0.5) is 5.69 Å². The summed E-state index contributed by atoms with van der Waals surface area (Å²) in [6.45, 7) is 6.59. The molecule has 1 fully saturated rings. The van der Waals surface area contributed by atoms with E-state index in [1.54, 1.807) is 12.1 Å². The molecular formula is C21H27N3O3S. The summed E-state index contributed by atoms with van der Waals surface area (Å²) in [4.78, 5) is 17.0. The molecular weight excluding hydrogens is 374 g/mol. The van der Waals surface area contributed by atoms with E-state index in [1.807, 2.05) is 36.9 Å². The van der Waals surface area contributed by atoms with Gasteiger partial charge in [0.2, 0.25) is 10.0 Å². The molecule has 1 atom stereocenters. The number of para-hydroxylation sites is 1. The van der Waals surface area contributed by atoms with E-state index in [2.05, 4.69) is 21.8 Å². The number of rotatable bonds is 6. The molecule has 1 saturated heterocycles. The number of piperazine rings is 1. The van der Waals surface area contributed by atoms with E-state index in [0.29, 0.717) is 25.1 Å². The maximum Gasteiger partial charge on any atom is 0.253 e. The Labute approximate surface area is 167 Å². The van der Waals surface area contributed by atoms with E-state index >= 15 is 0 Å². The zero-order valence-corrected chi connectivity index (χ0v) is 17.2. The van der Waals surface area contributed by atoms with Gasteiger partial charge in [-0.15, -0.1) is 0 Å². The number of hydrogen-bond acceptors (Lipinski definition) is 4. The van der Waals surface area contributed by atoms with Crippen molar-refractivity contribution in [2.45, 2.75) is 31.2 Å². The summed E-state index contributed by atoms with van der Waals surface area (Å²) in [7, 11) is -3.56. The van der Waals surface area contributed by atoms with Gasteiger partial charge in [0.05, 0.1) is 4.90 Å². The molecule has 150 valence electrons. The maximum absolute atomic E-state index is 12.8. The van der Waals surface area contributed by atoms with Gasteiger partial charge in [-0.1, -0.05) is 25.1 Å². The third-order valence-corrected chi connectivity index (χ3v) is 6.67. The predicted molar refractivity (Wildman–Crippen MR) is 111 cm³/mol. The first-order valence-corrected chi connectivity index (χ1v) is 11.1. The molecule has 1 unspecified atom stereocenters. The van der Waals surface area contributed by atoms with Crippen LogP contribution in [0, 0.1) is 0 Å². The van der Waals surface area contributed by atoms with Crippen molar-refractivity contribution >= 4 is 21.6 Å². The summed E-state index contributed by atoms with van der Waals surface area (Å²) in [5.41, 5.74) is 1.67. The predicted octanol–water partition coefficient (Wildman–Crippen LogP) is 2.73. The van der Waals surface area contributed by atoms with Gasteiger partial charge in [0, 0.05) is 43.5 Å². The van der Waals surface area contributed by atoms with Gasteiger partial charge in [-0.05, 0) is 49.7 Å². The number of sulfonamides is 1. The number of hydrogen-bond donors (Lipinski definition) is 1. The summed E-state index contributed by atoms with van der Waals surface area (Å²) >= 11 is 0. The molecule has 1 N–H and O–H groups in total. The fourth-order valence-electron chi connectivity index (χ4n) is 3.18. The van der Waals surface area contributed by atoms with Gasteiger partial charge in [-0.3, -0.25) is 4.79 Å². The molecule has 0 radical (unpaired) electrons. The average molecular weight is 402 g/mol. The van der Waals surface area contributed by atoms with Crippen molar-refractivity contribution in [3.63, 3.8) is 0 Å². The lowest BCUT2D eigenvalue weighted by Gasteiger charge is -2.36. The monoisotopic (exact) mass is 401 g/mol. The fourth-order valence-corrected chi connectivity index (χ4v) is 4.51. The van der Waals surface area contributed by atoms with Crippen molar-refractivity contribution < 1.29 is 13.2 Å². The van der Waals surface area contributed by atoms with Gasteiger partial charge in [0.15, 0.2) is 0 Å². The average Bonchev–Trinajstić information content (AvgIpc) is 2.73. The largest absolute Gasteiger partial charge is 0.368 e. The summed E-state index contributed by atoms with van der Waals surface area (Å²) in [5.74, 6) is -0.0634. The summed E-state index contributed by atoms with van der Waals surface area (Å²) in [5, 5.41) is 0. The lowest BCUT2D eigenvalue weighted by Crippen LogP contribution is -2.48. The van der Waals surface area contributed by atoms with E-state index < -0.39 is 10.0 Å². The Kier molecular flexibility index (Phi) is 6.36. The first-order chi connectivity index (χ1) is 13.4. The molecule has 0 bridgehead atoms. The van der Waals surface area contributed by atoms with Crippen LogP contribution in [0.5, 0.6) is 0 Å². The molecule has 0 aromatic heterocycles. The van der Waals surface area contributed by atoms with Crippen LogP contribution in [-0.4, -0.2) is 51.4 Å². The molecule has 0 spiro atoms. The van der Waals surface area contributed by atoms with E-state index in [-0.39, 0.29) is 16.8 Å². The fraction of sp³-hybridized carbons (Fsp3) is 0.381. The zero-order valence-electron chi connectivity index (χ0n) is 16.3. The molecule has 3 rings (SSSR count). The van der Waals surface area contributed by atoms with Gasteiger partial charge in [0.1, 0.15) is 0 Å². The van der Waals surface area contributed by atoms with Crippen molar-refractivity contribution in [2.24, 2.45) is 0 Å². The van der Waals surface area contributed by atoms with Crippen LogP contribution >= 0.6 is 0 Å². The third kappa shape index (κ3) is 4.72. The highest BCUT2D eigenvalue weighted by atomic mass is 32.2. The minimum Gasteiger partial charge on any atom is -0.368 e. The second kappa shape index (κ2) is 8.75.